The number of carbonyl (C=O) groups excluding carboxylic acids is 1. The van der Waals surface area contributed by atoms with E-state index in [2.05, 4.69) is 22.7 Å². The summed E-state index contributed by atoms with van der Waals surface area (Å²) in [6.45, 7) is 5.46. The number of ether oxygens (including phenoxy) is 5. The average molecular weight is 487 g/mol. The lowest BCUT2D eigenvalue weighted by atomic mass is 9.99. The molecule has 2 aromatic carbocycles. The number of carbonyl (C=O) groups is 1. The third-order valence-corrected chi connectivity index (χ3v) is 6.16. The molecule has 8 nitrogen and oxygen atoms in total. The number of aryl methyl sites for hydroxylation is 1. The molecule has 0 spiro atoms. The maximum Gasteiger partial charge on any atom is 0.411 e. The van der Waals surface area contributed by atoms with E-state index in [4.69, 9.17) is 23.7 Å². The zero-order valence-corrected chi connectivity index (χ0v) is 20.9. The van der Waals surface area contributed by atoms with Gasteiger partial charge in [0, 0.05) is 18.9 Å². The minimum Gasteiger partial charge on any atom is -0.496 e. The quantitative estimate of drug-likeness (QED) is 0.367. The molecule has 1 N–H and O–H groups in total. The standard InChI is InChI=1S/C25H30N2O6S/c1-16-12-19(14-23(31-5)17(16)2)24-20(15-26-34-24)18-6-7-22(30-4)21(13-18)27-25(28)33-11-10-32-9-8-29-3/h6-7,12-15H,8-11H2,1-5H3,(H,27,28). The zero-order valence-electron chi connectivity index (χ0n) is 20.1. The molecule has 0 saturated heterocycles. The molecule has 1 amide bonds. The monoisotopic (exact) mass is 486 g/mol. The summed E-state index contributed by atoms with van der Waals surface area (Å²) in [5.41, 5.74) is 5.60. The van der Waals surface area contributed by atoms with Crippen LogP contribution in [0.4, 0.5) is 10.5 Å². The fraction of sp³-hybridized carbons (Fsp3) is 0.360. The summed E-state index contributed by atoms with van der Waals surface area (Å²) < 4.78 is 30.8. The van der Waals surface area contributed by atoms with E-state index in [0.717, 1.165) is 38.4 Å². The predicted octanol–water partition coefficient (Wildman–Crippen LogP) is 5.32. The number of nitrogens with one attached hydrogen (secondary N) is 1. The van der Waals surface area contributed by atoms with E-state index in [0.29, 0.717) is 24.7 Å². The number of nitrogens with zero attached hydrogens (tertiary/aromatic N) is 1. The summed E-state index contributed by atoms with van der Waals surface area (Å²) in [5, 5.41) is 2.76. The molecule has 0 atom stereocenters. The van der Waals surface area contributed by atoms with Crippen LogP contribution in [0.2, 0.25) is 0 Å². The molecule has 0 aliphatic carbocycles. The smallest absolute Gasteiger partial charge is 0.411 e. The molecular formula is C25H30N2O6S. The lowest BCUT2D eigenvalue weighted by Crippen LogP contribution is -2.18. The molecule has 1 heterocycles. The fourth-order valence-corrected chi connectivity index (χ4v) is 4.14. The average Bonchev–Trinajstić information content (AvgIpc) is 3.33. The van der Waals surface area contributed by atoms with Crippen molar-refractivity contribution in [2.45, 2.75) is 13.8 Å². The van der Waals surface area contributed by atoms with Crippen molar-refractivity contribution in [3.63, 3.8) is 0 Å². The van der Waals surface area contributed by atoms with Crippen LogP contribution in [0, 0.1) is 13.8 Å². The zero-order chi connectivity index (χ0) is 24.5. The largest absolute Gasteiger partial charge is 0.496 e. The van der Waals surface area contributed by atoms with Gasteiger partial charge in [0.1, 0.15) is 18.1 Å². The second-order valence-corrected chi connectivity index (χ2v) is 8.27. The molecule has 0 fully saturated rings. The molecular weight excluding hydrogens is 456 g/mol. The Hall–Kier alpha value is -3.14. The van der Waals surface area contributed by atoms with Crippen LogP contribution in [0.15, 0.2) is 36.5 Å². The predicted molar refractivity (Wildman–Crippen MR) is 133 cm³/mol. The number of aromatic nitrogens is 1. The Bertz CT molecular complexity index is 1110. The van der Waals surface area contributed by atoms with E-state index in [-0.39, 0.29) is 13.2 Å². The number of methoxy groups -OCH3 is 3. The van der Waals surface area contributed by atoms with Gasteiger partial charge in [-0.3, -0.25) is 5.32 Å². The number of rotatable bonds is 11. The lowest BCUT2D eigenvalue weighted by molar-refractivity contribution is 0.0447. The molecule has 9 heteroatoms. The highest BCUT2D eigenvalue weighted by Crippen LogP contribution is 2.40. The Kier molecular flexibility index (Phi) is 9.26. The summed E-state index contributed by atoms with van der Waals surface area (Å²) in [6, 6.07) is 9.74. The summed E-state index contributed by atoms with van der Waals surface area (Å²) in [6.07, 6.45) is 1.23. The molecule has 0 saturated carbocycles. The van der Waals surface area contributed by atoms with Crippen molar-refractivity contribution < 1.29 is 28.5 Å². The van der Waals surface area contributed by atoms with Crippen LogP contribution in [-0.2, 0) is 14.2 Å². The molecule has 0 bridgehead atoms. The minimum absolute atomic E-state index is 0.130. The van der Waals surface area contributed by atoms with Crippen molar-refractivity contribution in [3.8, 4) is 33.1 Å². The Morgan fingerprint density at radius 1 is 0.941 bits per heavy atom. The first-order valence-electron chi connectivity index (χ1n) is 10.8. The van der Waals surface area contributed by atoms with Crippen LogP contribution in [0.1, 0.15) is 11.1 Å². The molecule has 0 aliphatic heterocycles. The summed E-state index contributed by atoms with van der Waals surface area (Å²) in [7, 11) is 4.82. The van der Waals surface area contributed by atoms with Gasteiger partial charge in [0.25, 0.3) is 0 Å². The summed E-state index contributed by atoms with van der Waals surface area (Å²) >= 11 is 1.41. The maximum absolute atomic E-state index is 12.3. The van der Waals surface area contributed by atoms with Gasteiger partial charge in [-0.25, -0.2) is 4.79 Å². The first-order chi connectivity index (χ1) is 16.5. The van der Waals surface area contributed by atoms with E-state index in [1.54, 1.807) is 27.4 Å². The third-order valence-electron chi connectivity index (χ3n) is 5.31. The summed E-state index contributed by atoms with van der Waals surface area (Å²) in [5.74, 6) is 1.36. The second kappa shape index (κ2) is 12.4. The molecule has 0 unspecified atom stereocenters. The minimum atomic E-state index is -0.589. The third kappa shape index (κ3) is 6.25. The van der Waals surface area contributed by atoms with E-state index < -0.39 is 6.09 Å². The van der Waals surface area contributed by atoms with Gasteiger partial charge in [0.15, 0.2) is 0 Å². The van der Waals surface area contributed by atoms with Gasteiger partial charge in [-0.1, -0.05) is 12.1 Å². The van der Waals surface area contributed by atoms with Gasteiger partial charge < -0.3 is 23.7 Å². The van der Waals surface area contributed by atoms with Crippen LogP contribution in [0.5, 0.6) is 11.5 Å². The normalized spacial score (nSPS) is 10.7. The molecule has 34 heavy (non-hydrogen) atoms. The van der Waals surface area contributed by atoms with Gasteiger partial charge in [0.05, 0.1) is 44.6 Å². The van der Waals surface area contributed by atoms with Crippen LogP contribution in [0.25, 0.3) is 21.6 Å². The van der Waals surface area contributed by atoms with Crippen molar-refractivity contribution in [3.05, 3.63) is 47.7 Å². The van der Waals surface area contributed by atoms with Crippen LogP contribution in [-0.4, -0.2) is 58.2 Å². The molecule has 0 radical (unpaired) electrons. The number of hydrogen-bond acceptors (Lipinski definition) is 8. The van der Waals surface area contributed by atoms with Crippen molar-refractivity contribution in [1.82, 2.24) is 4.37 Å². The number of hydrogen-bond donors (Lipinski definition) is 1. The van der Waals surface area contributed by atoms with E-state index in [9.17, 15) is 4.79 Å². The second-order valence-electron chi connectivity index (χ2n) is 7.47. The van der Waals surface area contributed by atoms with Crippen molar-refractivity contribution >= 4 is 23.3 Å². The molecule has 3 aromatic rings. The Balaban J connectivity index is 1.80. The van der Waals surface area contributed by atoms with E-state index in [1.165, 1.54) is 11.5 Å². The van der Waals surface area contributed by atoms with Gasteiger partial charge in [0.2, 0.25) is 0 Å². The molecule has 0 aliphatic rings. The van der Waals surface area contributed by atoms with Crippen molar-refractivity contribution in [1.29, 1.82) is 0 Å². The number of amides is 1. The van der Waals surface area contributed by atoms with E-state index >= 15 is 0 Å². The Morgan fingerprint density at radius 2 is 1.71 bits per heavy atom. The van der Waals surface area contributed by atoms with Crippen molar-refractivity contribution in [2.24, 2.45) is 0 Å². The molecule has 3 rings (SSSR count). The van der Waals surface area contributed by atoms with Crippen LogP contribution >= 0.6 is 11.5 Å². The highest BCUT2D eigenvalue weighted by atomic mass is 32.1. The maximum atomic E-state index is 12.3. The van der Waals surface area contributed by atoms with Crippen molar-refractivity contribution in [2.75, 3.05) is 53.1 Å². The highest BCUT2D eigenvalue weighted by Gasteiger charge is 2.16. The highest BCUT2D eigenvalue weighted by molar-refractivity contribution is 7.10. The first kappa shape index (κ1) is 25.5. The lowest BCUT2D eigenvalue weighted by Gasteiger charge is -2.14. The molecule has 1 aromatic heterocycles. The summed E-state index contributed by atoms with van der Waals surface area (Å²) in [4.78, 5) is 13.3. The number of anilines is 1. The van der Waals surface area contributed by atoms with E-state index in [1.807, 2.05) is 31.3 Å². The Morgan fingerprint density at radius 3 is 2.44 bits per heavy atom. The Labute approximate surface area is 203 Å². The van der Waals surface area contributed by atoms with Gasteiger partial charge in [-0.05, 0) is 65.8 Å². The SMILES string of the molecule is COCCOCCOC(=O)Nc1cc(-c2cnsc2-c2cc(C)c(C)c(OC)c2)ccc1OC. The van der Waals surface area contributed by atoms with Gasteiger partial charge >= 0.3 is 6.09 Å². The topological polar surface area (TPSA) is 88.1 Å². The van der Waals surface area contributed by atoms with Gasteiger partial charge in [-0.2, -0.15) is 4.37 Å². The number of benzene rings is 2. The molecule has 182 valence electrons. The first-order valence-corrected chi connectivity index (χ1v) is 11.5. The fourth-order valence-electron chi connectivity index (χ4n) is 3.38. The van der Waals surface area contributed by atoms with Crippen LogP contribution in [0.3, 0.4) is 0 Å². The van der Waals surface area contributed by atoms with Gasteiger partial charge in [-0.15, -0.1) is 0 Å². The van der Waals surface area contributed by atoms with Crippen LogP contribution < -0.4 is 14.8 Å².